The average Bonchev–Trinajstić information content (AvgIpc) is 2.53. The molecular weight excluding hydrogens is 266 g/mol. The first-order valence-electron chi connectivity index (χ1n) is 6.80. The fourth-order valence-electron chi connectivity index (χ4n) is 1.86. The van der Waals surface area contributed by atoms with E-state index in [0.29, 0.717) is 6.61 Å². The molecule has 1 atom stereocenters. The van der Waals surface area contributed by atoms with Crippen molar-refractivity contribution in [3.05, 3.63) is 66.2 Å². The summed E-state index contributed by atoms with van der Waals surface area (Å²) in [5.74, 6) is 0.275. The van der Waals surface area contributed by atoms with Crippen molar-refractivity contribution in [2.45, 2.75) is 12.5 Å². The fourth-order valence-corrected chi connectivity index (χ4v) is 1.86. The Hall–Kier alpha value is -2.33. The monoisotopic (exact) mass is 285 g/mol. The van der Waals surface area contributed by atoms with Gasteiger partial charge in [-0.25, -0.2) is 4.79 Å². The molecule has 0 heterocycles. The highest BCUT2D eigenvalue weighted by molar-refractivity contribution is 5.81. The number of carbonyl (C=O) groups is 1. The SMILES string of the molecule is CC(N)(C(=O)OCCOc1ccccc1)c1ccccc1. The zero-order valence-corrected chi connectivity index (χ0v) is 12.0. The van der Waals surface area contributed by atoms with E-state index in [-0.39, 0.29) is 6.61 Å². The molecule has 0 saturated heterocycles. The lowest BCUT2D eigenvalue weighted by Crippen LogP contribution is -2.43. The van der Waals surface area contributed by atoms with Gasteiger partial charge in [0.15, 0.2) is 0 Å². The van der Waals surface area contributed by atoms with Crippen LogP contribution >= 0.6 is 0 Å². The van der Waals surface area contributed by atoms with Crippen LogP contribution in [0.1, 0.15) is 12.5 Å². The molecule has 0 saturated carbocycles. The third-order valence-electron chi connectivity index (χ3n) is 3.13. The van der Waals surface area contributed by atoms with Crippen molar-refractivity contribution in [3.63, 3.8) is 0 Å². The van der Waals surface area contributed by atoms with Crippen LogP contribution in [0.4, 0.5) is 0 Å². The summed E-state index contributed by atoms with van der Waals surface area (Å²) in [5.41, 5.74) is 5.62. The van der Waals surface area contributed by atoms with Crippen LogP contribution in [0, 0.1) is 0 Å². The second-order valence-electron chi connectivity index (χ2n) is 4.87. The molecule has 2 aromatic carbocycles. The summed E-state index contributed by atoms with van der Waals surface area (Å²) in [5, 5.41) is 0. The Morgan fingerprint density at radius 3 is 2.19 bits per heavy atom. The molecule has 0 aliphatic heterocycles. The Morgan fingerprint density at radius 1 is 1.00 bits per heavy atom. The van der Waals surface area contributed by atoms with Gasteiger partial charge in [-0.05, 0) is 24.6 Å². The molecule has 0 spiro atoms. The number of benzene rings is 2. The molecule has 0 radical (unpaired) electrons. The second kappa shape index (κ2) is 6.90. The van der Waals surface area contributed by atoms with Crippen LogP contribution in [-0.4, -0.2) is 19.2 Å². The van der Waals surface area contributed by atoms with Crippen molar-refractivity contribution < 1.29 is 14.3 Å². The van der Waals surface area contributed by atoms with E-state index in [0.717, 1.165) is 11.3 Å². The first-order valence-corrected chi connectivity index (χ1v) is 6.80. The van der Waals surface area contributed by atoms with Gasteiger partial charge in [-0.3, -0.25) is 0 Å². The Morgan fingerprint density at radius 2 is 1.57 bits per heavy atom. The van der Waals surface area contributed by atoms with Gasteiger partial charge < -0.3 is 15.2 Å². The van der Waals surface area contributed by atoms with Crippen molar-refractivity contribution in [1.29, 1.82) is 0 Å². The van der Waals surface area contributed by atoms with Gasteiger partial charge in [-0.1, -0.05) is 48.5 Å². The van der Waals surface area contributed by atoms with E-state index in [4.69, 9.17) is 15.2 Å². The largest absolute Gasteiger partial charge is 0.490 e. The van der Waals surface area contributed by atoms with E-state index in [9.17, 15) is 4.79 Å². The van der Waals surface area contributed by atoms with Crippen LogP contribution in [0.5, 0.6) is 5.75 Å². The van der Waals surface area contributed by atoms with Crippen molar-refractivity contribution >= 4 is 5.97 Å². The number of nitrogens with two attached hydrogens (primary N) is 1. The van der Waals surface area contributed by atoms with Gasteiger partial charge in [-0.2, -0.15) is 0 Å². The molecule has 21 heavy (non-hydrogen) atoms. The van der Waals surface area contributed by atoms with Crippen LogP contribution in [0.15, 0.2) is 60.7 Å². The van der Waals surface area contributed by atoms with E-state index in [1.807, 2.05) is 60.7 Å². The summed E-state index contributed by atoms with van der Waals surface area (Å²) in [6.07, 6.45) is 0. The molecule has 0 fully saturated rings. The molecule has 0 amide bonds. The van der Waals surface area contributed by atoms with Crippen LogP contribution in [0.2, 0.25) is 0 Å². The third kappa shape index (κ3) is 4.07. The first-order chi connectivity index (χ1) is 10.1. The lowest BCUT2D eigenvalue weighted by molar-refractivity contribution is -0.150. The van der Waals surface area contributed by atoms with Gasteiger partial charge in [0, 0.05) is 0 Å². The number of ether oxygens (including phenoxy) is 2. The maximum Gasteiger partial charge on any atom is 0.330 e. The highest BCUT2D eigenvalue weighted by Gasteiger charge is 2.31. The summed E-state index contributed by atoms with van der Waals surface area (Å²) in [6.45, 7) is 2.09. The molecule has 4 heteroatoms. The zero-order chi connectivity index (χ0) is 15.1. The predicted molar refractivity (Wildman–Crippen MR) is 80.9 cm³/mol. The first kappa shape index (κ1) is 15.1. The molecule has 2 rings (SSSR count). The number of rotatable bonds is 6. The Kier molecular flexibility index (Phi) is 4.95. The van der Waals surface area contributed by atoms with E-state index in [1.54, 1.807) is 6.92 Å². The Balaban J connectivity index is 1.82. The molecule has 0 aromatic heterocycles. The summed E-state index contributed by atoms with van der Waals surface area (Å²) < 4.78 is 10.7. The molecule has 0 aliphatic rings. The third-order valence-corrected chi connectivity index (χ3v) is 3.13. The molecule has 2 aromatic rings. The van der Waals surface area contributed by atoms with E-state index in [2.05, 4.69) is 0 Å². The van der Waals surface area contributed by atoms with Crippen LogP contribution < -0.4 is 10.5 Å². The lowest BCUT2D eigenvalue weighted by atomic mass is 9.93. The number of esters is 1. The molecule has 2 N–H and O–H groups in total. The van der Waals surface area contributed by atoms with E-state index in [1.165, 1.54) is 0 Å². The highest BCUT2D eigenvalue weighted by Crippen LogP contribution is 2.18. The van der Waals surface area contributed by atoms with Crippen LogP contribution in [0.25, 0.3) is 0 Å². The van der Waals surface area contributed by atoms with Crippen LogP contribution in [-0.2, 0) is 15.1 Å². The zero-order valence-electron chi connectivity index (χ0n) is 12.0. The van der Waals surface area contributed by atoms with Crippen molar-refractivity contribution in [3.8, 4) is 5.75 Å². The maximum atomic E-state index is 12.1. The van der Waals surface area contributed by atoms with Crippen LogP contribution in [0.3, 0.4) is 0 Å². The van der Waals surface area contributed by atoms with Crippen molar-refractivity contribution in [1.82, 2.24) is 0 Å². The quantitative estimate of drug-likeness (QED) is 0.654. The normalized spacial score (nSPS) is 13.2. The standard InChI is InChI=1S/C17H19NO3/c1-17(18,14-8-4-2-5-9-14)16(19)21-13-12-20-15-10-6-3-7-11-15/h2-11H,12-13,18H2,1H3. The molecule has 1 unspecified atom stereocenters. The molecule has 4 nitrogen and oxygen atoms in total. The number of para-hydroxylation sites is 1. The molecule has 110 valence electrons. The van der Waals surface area contributed by atoms with Gasteiger partial charge in [-0.15, -0.1) is 0 Å². The maximum absolute atomic E-state index is 12.1. The second-order valence-corrected chi connectivity index (χ2v) is 4.87. The van der Waals surface area contributed by atoms with Gasteiger partial charge in [0.2, 0.25) is 0 Å². The minimum absolute atomic E-state index is 0.160. The Labute approximate surface area is 124 Å². The minimum Gasteiger partial charge on any atom is -0.490 e. The number of hydrogen-bond acceptors (Lipinski definition) is 4. The summed E-state index contributed by atoms with van der Waals surface area (Å²) in [7, 11) is 0. The minimum atomic E-state index is -1.16. The predicted octanol–water partition coefficient (Wildman–Crippen LogP) is 2.48. The smallest absolute Gasteiger partial charge is 0.330 e. The van der Waals surface area contributed by atoms with E-state index >= 15 is 0 Å². The van der Waals surface area contributed by atoms with Gasteiger partial charge in [0.25, 0.3) is 0 Å². The van der Waals surface area contributed by atoms with Crippen molar-refractivity contribution in [2.24, 2.45) is 5.73 Å². The number of carbonyl (C=O) groups excluding carboxylic acids is 1. The molecular formula is C17H19NO3. The Bertz CT molecular complexity index is 567. The van der Waals surface area contributed by atoms with Gasteiger partial charge in [0.05, 0.1) is 0 Å². The van der Waals surface area contributed by atoms with Gasteiger partial charge in [0.1, 0.15) is 24.5 Å². The highest BCUT2D eigenvalue weighted by atomic mass is 16.6. The summed E-state index contributed by atoms with van der Waals surface area (Å²) in [6, 6.07) is 18.5. The fraction of sp³-hybridized carbons (Fsp3) is 0.235. The molecule has 0 aliphatic carbocycles. The summed E-state index contributed by atoms with van der Waals surface area (Å²) in [4.78, 5) is 12.1. The summed E-state index contributed by atoms with van der Waals surface area (Å²) >= 11 is 0. The topological polar surface area (TPSA) is 61.6 Å². The van der Waals surface area contributed by atoms with Gasteiger partial charge >= 0.3 is 5.97 Å². The molecule has 0 bridgehead atoms. The average molecular weight is 285 g/mol. The number of hydrogen-bond donors (Lipinski definition) is 1. The lowest BCUT2D eigenvalue weighted by Gasteiger charge is -2.23. The van der Waals surface area contributed by atoms with Crippen molar-refractivity contribution in [2.75, 3.05) is 13.2 Å². The van der Waals surface area contributed by atoms with E-state index < -0.39 is 11.5 Å².